The van der Waals surface area contributed by atoms with E-state index in [9.17, 15) is 26.3 Å². The molecule has 0 saturated heterocycles. The van der Waals surface area contributed by atoms with Crippen LogP contribution in [0.3, 0.4) is 0 Å². The van der Waals surface area contributed by atoms with E-state index in [0.29, 0.717) is 34.5 Å². The van der Waals surface area contributed by atoms with Crippen molar-refractivity contribution in [1.29, 1.82) is 0 Å². The van der Waals surface area contributed by atoms with E-state index < -0.39 is 36.4 Å². The summed E-state index contributed by atoms with van der Waals surface area (Å²) in [5.41, 5.74) is 3.18. The van der Waals surface area contributed by atoms with Gasteiger partial charge in [0.2, 0.25) is 0 Å². The van der Waals surface area contributed by atoms with Gasteiger partial charge in [-0.2, -0.15) is 26.3 Å². The first kappa shape index (κ1) is 45.1. The summed E-state index contributed by atoms with van der Waals surface area (Å²) in [6.45, 7) is 0.383. The first-order chi connectivity index (χ1) is 29.8. The molecule has 10 nitrogen and oxygen atoms in total. The van der Waals surface area contributed by atoms with Crippen LogP contribution in [0.2, 0.25) is 0 Å². The highest BCUT2D eigenvalue weighted by molar-refractivity contribution is 5.48. The molecule has 2 heterocycles. The van der Waals surface area contributed by atoms with Crippen molar-refractivity contribution in [2.24, 2.45) is 23.7 Å². The van der Waals surface area contributed by atoms with Gasteiger partial charge in [-0.1, -0.05) is 24.3 Å². The average Bonchev–Trinajstić information content (AvgIpc) is 3.94. The second-order valence-corrected chi connectivity index (χ2v) is 15.8. The summed E-state index contributed by atoms with van der Waals surface area (Å²) >= 11 is 0. The number of hydrogen-bond acceptors (Lipinski definition) is 10. The molecular formula is C46H50F6O10. The highest BCUT2D eigenvalue weighted by atomic mass is 19.4. The number of alkyl halides is 6. The summed E-state index contributed by atoms with van der Waals surface area (Å²) in [6, 6.07) is 25.1. The molecule has 0 unspecified atom stereocenters. The van der Waals surface area contributed by atoms with E-state index in [1.807, 2.05) is 24.3 Å². The van der Waals surface area contributed by atoms with Gasteiger partial charge < -0.3 is 47.4 Å². The summed E-state index contributed by atoms with van der Waals surface area (Å²) in [4.78, 5) is 0. The van der Waals surface area contributed by atoms with Gasteiger partial charge in [-0.15, -0.1) is 0 Å². The number of benzene rings is 4. The Kier molecular flexibility index (Phi) is 14.3. The average molecular weight is 877 g/mol. The second kappa shape index (κ2) is 19.7. The van der Waals surface area contributed by atoms with Crippen molar-refractivity contribution in [3.63, 3.8) is 0 Å². The normalized spacial score (nSPS) is 24.8. The highest BCUT2D eigenvalue weighted by Gasteiger charge is 2.55. The maximum atomic E-state index is 13.6. The topological polar surface area (TPSA) is 92.3 Å². The number of fused-ring (bicyclic) bond motifs is 6. The Labute approximate surface area is 356 Å². The van der Waals surface area contributed by atoms with E-state index in [2.05, 4.69) is 0 Å². The van der Waals surface area contributed by atoms with Gasteiger partial charge >= 0.3 is 12.4 Å². The summed E-state index contributed by atoms with van der Waals surface area (Å²) in [7, 11) is 6.09. The van der Waals surface area contributed by atoms with Gasteiger partial charge in [0.1, 0.15) is 46.7 Å². The monoisotopic (exact) mass is 876 g/mol. The SMILES string of the molecule is COCOc1ccc([C@H]2Oc3ccc(OCOC)cc3[C@H]3C[C@@H](C(F)(F)F)C[C@H]32)cc1.COCOc1ccc([C@H]2Oc3ccc(OCOC)cc3[C@H]3C[C@H](C(F)(F)F)C[C@H]32)cc1. The molecule has 16 heteroatoms. The van der Waals surface area contributed by atoms with Crippen LogP contribution in [0.15, 0.2) is 84.9 Å². The molecule has 4 aliphatic rings. The summed E-state index contributed by atoms with van der Waals surface area (Å²) in [5.74, 6) is -0.280. The zero-order valence-corrected chi connectivity index (χ0v) is 34.7. The fraction of sp³-hybridized carbons (Fsp3) is 0.478. The summed E-state index contributed by atoms with van der Waals surface area (Å²) in [6.07, 6.45) is -9.24. The number of hydrogen-bond donors (Lipinski definition) is 0. The van der Waals surface area contributed by atoms with E-state index in [-0.39, 0.29) is 76.5 Å². The molecule has 4 aromatic rings. The Morgan fingerprint density at radius 1 is 0.452 bits per heavy atom. The molecule has 0 N–H and O–H groups in total. The molecule has 336 valence electrons. The van der Waals surface area contributed by atoms with Crippen LogP contribution in [0.1, 0.15) is 72.0 Å². The smallest absolute Gasteiger partial charge is 0.391 e. The van der Waals surface area contributed by atoms with Crippen molar-refractivity contribution in [2.45, 2.75) is 62.1 Å². The summed E-state index contributed by atoms with van der Waals surface area (Å²) < 4.78 is 136. The Morgan fingerprint density at radius 3 is 1.10 bits per heavy atom. The third-order valence-electron chi connectivity index (χ3n) is 12.0. The van der Waals surface area contributed by atoms with Crippen molar-refractivity contribution in [1.82, 2.24) is 0 Å². The Morgan fingerprint density at radius 2 is 0.774 bits per heavy atom. The first-order valence-electron chi connectivity index (χ1n) is 20.2. The van der Waals surface area contributed by atoms with Crippen molar-refractivity contribution in [3.05, 3.63) is 107 Å². The lowest BCUT2D eigenvalue weighted by atomic mass is 9.80. The molecule has 2 fully saturated rings. The standard InChI is InChI=1S/2C23H25F3O5/c2*1-27-12-29-16-5-3-14(4-6-16)22-20-10-15(23(24,25)26)9-18(20)19-11-17(30-13-28-2)7-8-21(19)31-22/h2*3-8,11,15,18,20,22H,9-10,12-13H2,1-2H3/t15-,18+,20+,22+;15-,18-,20-,22-/m01/s1. The van der Waals surface area contributed by atoms with Gasteiger partial charge in [0.05, 0.1) is 11.8 Å². The molecule has 2 aliphatic carbocycles. The van der Waals surface area contributed by atoms with Gasteiger partial charge in [0.15, 0.2) is 27.2 Å². The van der Waals surface area contributed by atoms with Crippen molar-refractivity contribution >= 4 is 0 Å². The highest BCUT2D eigenvalue weighted by Crippen LogP contribution is 2.60. The van der Waals surface area contributed by atoms with Crippen LogP contribution in [0, 0.1) is 23.7 Å². The molecule has 0 aromatic heterocycles. The number of halogens is 6. The molecule has 62 heavy (non-hydrogen) atoms. The van der Waals surface area contributed by atoms with Crippen LogP contribution in [0.5, 0.6) is 34.5 Å². The largest absolute Gasteiger partial charge is 0.485 e. The minimum Gasteiger partial charge on any atom is -0.485 e. The van der Waals surface area contributed by atoms with Gasteiger partial charge in [0.25, 0.3) is 0 Å². The quantitative estimate of drug-likeness (QED) is 0.0901. The third-order valence-corrected chi connectivity index (χ3v) is 12.0. The van der Waals surface area contributed by atoms with E-state index in [0.717, 1.165) is 22.3 Å². The summed E-state index contributed by atoms with van der Waals surface area (Å²) in [5, 5.41) is 0. The molecule has 0 bridgehead atoms. The van der Waals surface area contributed by atoms with Gasteiger partial charge in [-0.05, 0) is 109 Å². The Balaban J connectivity index is 0.000000186. The van der Waals surface area contributed by atoms with Crippen LogP contribution in [-0.4, -0.2) is 68.0 Å². The van der Waals surface area contributed by atoms with Gasteiger partial charge in [0, 0.05) is 51.4 Å². The Bertz CT molecular complexity index is 1910. The lowest BCUT2D eigenvalue weighted by molar-refractivity contribution is -0.174. The fourth-order valence-corrected chi connectivity index (χ4v) is 9.18. The maximum Gasteiger partial charge on any atom is 0.391 e. The van der Waals surface area contributed by atoms with E-state index in [1.54, 1.807) is 60.7 Å². The number of methoxy groups -OCH3 is 4. The maximum absolute atomic E-state index is 13.6. The van der Waals surface area contributed by atoms with Gasteiger partial charge in [-0.3, -0.25) is 0 Å². The van der Waals surface area contributed by atoms with Crippen molar-refractivity contribution < 1.29 is 73.7 Å². The molecule has 2 aliphatic heterocycles. The molecule has 8 rings (SSSR count). The molecule has 2 saturated carbocycles. The third kappa shape index (κ3) is 10.3. The van der Waals surface area contributed by atoms with Crippen molar-refractivity contribution in [2.75, 3.05) is 55.6 Å². The predicted molar refractivity (Wildman–Crippen MR) is 213 cm³/mol. The molecule has 0 amide bonds. The molecule has 4 aromatic carbocycles. The minimum atomic E-state index is -4.23. The van der Waals surface area contributed by atoms with Crippen LogP contribution < -0.4 is 28.4 Å². The molecule has 8 atom stereocenters. The lowest BCUT2D eigenvalue weighted by Gasteiger charge is -2.36. The predicted octanol–water partition coefficient (Wildman–Crippen LogP) is 10.9. The molecule has 0 spiro atoms. The number of rotatable bonds is 14. The second-order valence-electron chi connectivity index (χ2n) is 15.8. The Hall–Kier alpha value is -4.90. The zero-order valence-electron chi connectivity index (χ0n) is 34.7. The molecular weight excluding hydrogens is 826 g/mol. The first-order valence-corrected chi connectivity index (χ1v) is 20.2. The number of ether oxygens (including phenoxy) is 10. The van der Waals surface area contributed by atoms with Crippen LogP contribution >= 0.6 is 0 Å². The fourth-order valence-electron chi connectivity index (χ4n) is 9.18. The van der Waals surface area contributed by atoms with Crippen LogP contribution in [0.4, 0.5) is 26.3 Å². The van der Waals surface area contributed by atoms with Crippen molar-refractivity contribution in [3.8, 4) is 34.5 Å². The van der Waals surface area contributed by atoms with Crippen LogP contribution in [-0.2, 0) is 18.9 Å². The van der Waals surface area contributed by atoms with Gasteiger partial charge in [-0.25, -0.2) is 0 Å². The zero-order chi connectivity index (χ0) is 44.0. The minimum absolute atomic E-state index is 0.0311. The van der Waals surface area contributed by atoms with Crippen LogP contribution in [0.25, 0.3) is 0 Å². The van der Waals surface area contributed by atoms with E-state index >= 15 is 0 Å². The van der Waals surface area contributed by atoms with E-state index in [1.165, 1.54) is 28.4 Å². The van der Waals surface area contributed by atoms with E-state index in [4.69, 9.17) is 47.4 Å². The lowest BCUT2D eigenvalue weighted by Crippen LogP contribution is -2.27. The molecule has 0 radical (unpaired) electrons.